The molecule has 5 rings (SSSR count). The number of halogens is 2. The average Bonchev–Trinajstić information content (AvgIpc) is 2.54. The van der Waals surface area contributed by atoms with Crippen molar-refractivity contribution >= 4 is 23.2 Å². The van der Waals surface area contributed by atoms with Gasteiger partial charge in [-0.25, -0.2) is 4.39 Å². The molecule has 136 valence electrons. The predicted molar refractivity (Wildman–Crippen MR) is 102 cm³/mol. The van der Waals surface area contributed by atoms with Gasteiger partial charge in [-0.15, -0.1) is 0 Å². The largest absolute Gasteiger partial charge is 0.326 e. The van der Waals surface area contributed by atoms with Crippen molar-refractivity contribution in [2.24, 2.45) is 11.3 Å². The lowest BCUT2D eigenvalue weighted by molar-refractivity contribution is -0.190. The molecule has 2 aromatic carbocycles. The molecule has 1 amide bonds. The molecule has 2 aromatic rings. The standard InChI is InChI=1S/C21H22ClFN2O/c1-14(19(26)25-18-7-5-17(23)6-8-18)20-11-21(12-20,13-20)24-10-15-3-2-4-16(22)9-15/h2-9,14,24H,10-13H2,1H3,(H,25,26)/t14-,20?,21?/m1/s1. The maximum Gasteiger partial charge on any atom is 0.227 e. The van der Waals surface area contributed by atoms with Crippen molar-refractivity contribution in [2.75, 3.05) is 5.32 Å². The summed E-state index contributed by atoms with van der Waals surface area (Å²) < 4.78 is 13.0. The van der Waals surface area contributed by atoms with Crippen molar-refractivity contribution in [2.45, 2.75) is 38.3 Å². The van der Waals surface area contributed by atoms with Gasteiger partial charge in [0.25, 0.3) is 0 Å². The molecule has 3 nitrogen and oxygen atoms in total. The van der Waals surface area contributed by atoms with E-state index in [0.717, 1.165) is 30.8 Å². The number of carbonyl (C=O) groups excluding carboxylic acids is 1. The van der Waals surface area contributed by atoms with Crippen LogP contribution >= 0.6 is 11.6 Å². The summed E-state index contributed by atoms with van der Waals surface area (Å²) in [6.07, 6.45) is 3.08. The second-order valence-electron chi connectivity index (χ2n) is 7.87. The quantitative estimate of drug-likeness (QED) is 0.767. The summed E-state index contributed by atoms with van der Waals surface area (Å²) in [5.41, 5.74) is 2.10. The van der Waals surface area contributed by atoms with E-state index in [1.165, 1.54) is 17.7 Å². The van der Waals surface area contributed by atoms with Gasteiger partial charge in [0.05, 0.1) is 0 Å². The van der Waals surface area contributed by atoms with Crippen LogP contribution in [0.25, 0.3) is 0 Å². The van der Waals surface area contributed by atoms with Gasteiger partial charge in [0.1, 0.15) is 5.82 Å². The summed E-state index contributed by atoms with van der Waals surface area (Å²) in [4.78, 5) is 12.5. The van der Waals surface area contributed by atoms with E-state index < -0.39 is 0 Å². The summed E-state index contributed by atoms with van der Waals surface area (Å²) in [7, 11) is 0. The number of carbonyl (C=O) groups is 1. The molecule has 3 aliphatic carbocycles. The normalized spacial score (nSPS) is 27.2. The van der Waals surface area contributed by atoms with Crippen LogP contribution in [0.1, 0.15) is 31.7 Å². The Kier molecular flexibility index (Phi) is 4.28. The molecule has 0 spiro atoms. The number of anilines is 1. The van der Waals surface area contributed by atoms with Gasteiger partial charge < -0.3 is 10.6 Å². The minimum atomic E-state index is -0.303. The number of benzene rings is 2. The summed E-state index contributed by atoms with van der Waals surface area (Å²) in [6.45, 7) is 2.80. The average molecular weight is 373 g/mol. The fraction of sp³-hybridized carbons (Fsp3) is 0.381. The van der Waals surface area contributed by atoms with Crippen LogP contribution in [-0.2, 0) is 11.3 Å². The van der Waals surface area contributed by atoms with Crippen LogP contribution in [0, 0.1) is 17.2 Å². The van der Waals surface area contributed by atoms with Gasteiger partial charge in [-0.1, -0.05) is 30.7 Å². The zero-order chi connectivity index (χ0) is 18.4. The molecule has 0 heterocycles. The molecule has 3 fully saturated rings. The van der Waals surface area contributed by atoms with Gasteiger partial charge in [0.2, 0.25) is 5.91 Å². The van der Waals surface area contributed by atoms with Crippen molar-refractivity contribution in [3.63, 3.8) is 0 Å². The molecule has 0 unspecified atom stereocenters. The minimum Gasteiger partial charge on any atom is -0.326 e. The first-order valence-corrected chi connectivity index (χ1v) is 9.34. The van der Waals surface area contributed by atoms with Crippen LogP contribution < -0.4 is 10.6 Å². The molecule has 3 aliphatic rings. The summed E-state index contributed by atoms with van der Waals surface area (Å²) >= 11 is 6.03. The first kappa shape index (κ1) is 17.5. The topological polar surface area (TPSA) is 41.1 Å². The highest BCUT2D eigenvalue weighted by atomic mass is 35.5. The van der Waals surface area contributed by atoms with E-state index in [0.29, 0.717) is 5.69 Å². The van der Waals surface area contributed by atoms with E-state index >= 15 is 0 Å². The van der Waals surface area contributed by atoms with Crippen molar-refractivity contribution in [3.05, 3.63) is 64.9 Å². The second-order valence-corrected chi connectivity index (χ2v) is 8.31. The summed E-state index contributed by atoms with van der Waals surface area (Å²) in [5, 5.41) is 7.31. The molecule has 5 heteroatoms. The Balaban J connectivity index is 1.29. The van der Waals surface area contributed by atoms with Gasteiger partial charge in [-0.2, -0.15) is 0 Å². The van der Waals surface area contributed by atoms with Crippen molar-refractivity contribution in [3.8, 4) is 0 Å². The Morgan fingerprint density at radius 2 is 1.88 bits per heavy atom. The fourth-order valence-electron chi connectivity index (χ4n) is 4.51. The van der Waals surface area contributed by atoms with E-state index in [-0.39, 0.29) is 28.6 Å². The number of rotatable bonds is 6. The highest BCUT2D eigenvalue weighted by molar-refractivity contribution is 6.30. The third kappa shape index (κ3) is 3.12. The van der Waals surface area contributed by atoms with Crippen LogP contribution in [0.3, 0.4) is 0 Å². The number of hydrogen-bond donors (Lipinski definition) is 2. The number of hydrogen-bond acceptors (Lipinski definition) is 2. The summed E-state index contributed by atoms with van der Waals surface area (Å²) in [5.74, 6) is -0.342. The van der Waals surface area contributed by atoms with Gasteiger partial charge >= 0.3 is 0 Å². The van der Waals surface area contributed by atoms with Crippen LogP contribution in [0.5, 0.6) is 0 Å². The first-order chi connectivity index (χ1) is 12.4. The van der Waals surface area contributed by atoms with Crippen molar-refractivity contribution in [1.29, 1.82) is 0 Å². The van der Waals surface area contributed by atoms with Gasteiger partial charge in [0.15, 0.2) is 0 Å². The predicted octanol–water partition coefficient (Wildman–Crippen LogP) is 4.77. The monoisotopic (exact) mass is 372 g/mol. The Morgan fingerprint density at radius 3 is 2.54 bits per heavy atom. The van der Waals surface area contributed by atoms with E-state index in [4.69, 9.17) is 11.6 Å². The molecule has 2 N–H and O–H groups in total. The van der Waals surface area contributed by atoms with E-state index in [1.807, 2.05) is 25.1 Å². The second kappa shape index (κ2) is 6.36. The third-order valence-corrected chi connectivity index (χ3v) is 6.29. The Morgan fingerprint density at radius 1 is 1.19 bits per heavy atom. The van der Waals surface area contributed by atoms with Crippen molar-refractivity contribution in [1.82, 2.24) is 5.32 Å². The molecule has 26 heavy (non-hydrogen) atoms. The molecule has 0 radical (unpaired) electrons. The van der Waals surface area contributed by atoms with Gasteiger partial charge in [-0.05, 0) is 66.6 Å². The Hall–Kier alpha value is -1.91. The minimum absolute atomic E-state index is 0.0137. The molecule has 2 bridgehead atoms. The van der Waals surface area contributed by atoms with E-state index in [1.54, 1.807) is 12.1 Å². The van der Waals surface area contributed by atoms with Crippen LogP contribution in [0.15, 0.2) is 48.5 Å². The zero-order valence-corrected chi connectivity index (χ0v) is 15.4. The van der Waals surface area contributed by atoms with Crippen molar-refractivity contribution < 1.29 is 9.18 Å². The number of nitrogens with one attached hydrogen (secondary N) is 2. The maximum atomic E-state index is 13.0. The van der Waals surface area contributed by atoms with Gasteiger partial charge in [0, 0.05) is 28.7 Å². The van der Waals surface area contributed by atoms with Crippen LogP contribution in [0.4, 0.5) is 10.1 Å². The van der Waals surface area contributed by atoms with Gasteiger partial charge in [-0.3, -0.25) is 4.79 Å². The maximum absolute atomic E-state index is 13.0. The molecular weight excluding hydrogens is 351 g/mol. The summed E-state index contributed by atoms with van der Waals surface area (Å²) in [6, 6.07) is 13.8. The highest BCUT2D eigenvalue weighted by Crippen LogP contribution is 2.70. The lowest BCUT2D eigenvalue weighted by Gasteiger charge is -2.73. The zero-order valence-electron chi connectivity index (χ0n) is 14.7. The molecule has 3 saturated carbocycles. The number of amides is 1. The van der Waals surface area contributed by atoms with Crippen LogP contribution in [0.2, 0.25) is 5.02 Å². The third-order valence-electron chi connectivity index (χ3n) is 6.05. The van der Waals surface area contributed by atoms with Crippen LogP contribution in [-0.4, -0.2) is 11.4 Å². The van der Waals surface area contributed by atoms with E-state index in [2.05, 4.69) is 16.7 Å². The highest BCUT2D eigenvalue weighted by Gasteiger charge is 2.70. The Labute approximate surface area is 157 Å². The first-order valence-electron chi connectivity index (χ1n) is 8.96. The molecule has 0 aromatic heterocycles. The Bertz CT molecular complexity index is 816. The lowest BCUT2D eigenvalue weighted by atomic mass is 9.36. The molecular formula is C21H22ClFN2O. The van der Waals surface area contributed by atoms with E-state index in [9.17, 15) is 9.18 Å². The molecule has 0 aliphatic heterocycles. The SMILES string of the molecule is C[C@H](C(=O)Nc1ccc(F)cc1)C12CC(NCc3cccc(Cl)c3)(C1)C2. The fourth-order valence-corrected chi connectivity index (χ4v) is 4.72. The molecule has 1 atom stereocenters. The lowest BCUT2D eigenvalue weighted by Crippen LogP contribution is -2.76. The smallest absolute Gasteiger partial charge is 0.227 e. The molecule has 0 saturated heterocycles.